The van der Waals surface area contributed by atoms with Gasteiger partial charge in [0.2, 0.25) is 0 Å². The molecule has 132 valence electrons. The Hall–Kier alpha value is -3.72. The second kappa shape index (κ2) is 6.22. The van der Waals surface area contributed by atoms with E-state index in [1.165, 1.54) is 6.08 Å². The zero-order valence-corrected chi connectivity index (χ0v) is 14.3. The van der Waals surface area contributed by atoms with Crippen LogP contribution in [0.25, 0.3) is 10.9 Å². The molecule has 0 radical (unpaired) electrons. The lowest BCUT2D eigenvalue weighted by molar-refractivity contribution is -0.383. The van der Waals surface area contributed by atoms with E-state index in [1.807, 2.05) is 28.8 Å². The van der Waals surface area contributed by atoms with Gasteiger partial charge < -0.3 is 4.57 Å². The molecule has 6 nitrogen and oxygen atoms in total. The van der Waals surface area contributed by atoms with Crippen LogP contribution in [0.4, 0.5) is 5.69 Å². The fourth-order valence-corrected chi connectivity index (χ4v) is 3.33. The van der Waals surface area contributed by atoms with E-state index >= 15 is 0 Å². The first-order valence-corrected chi connectivity index (χ1v) is 8.53. The van der Waals surface area contributed by atoms with E-state index in [2.05, 4.69) is 0 Å². The SMILES string of the molecule is N#Cc1ccc(C(=O)/C=C/C2(n3cc([N+](=O)[O-])c4ccccc43)CC2)cc1. The third kappa shape index (κ3) is 2.89. The number of benzene rings is 2. The number of carbonyl (C=O) groups excluding carboxylic acids is 1. The number of nitro groups is 1. The minimum atomic E-state index is -0.407. The lowest BCUT2D eigenvalue weighted by atomic mass is 10.1. The largest absolute Gasteiger partial charge is 0.331 e. The molecule has 0 amide bonds. The summed E-state index contributed by atoms with van der Waals surface area (Å²) in [7, 11) is 0. The Kier molecular flexibility index (Phi) is 3.85. The number of aromatic nitrogens is 1. The molecule has 0 unspecified atom stereocenters. The second-order valence-corrected chi connectivity index (χ2v) is 6.65. The molecule has 1 fully saturated rings. The van der Waals surface area contributed by atoms with Gasteiger partial charge in [0.15, 0.2) is 5.78 Å². The summed E-state index contributed by atoms with van der Waals surface area (Å²) in [5.74, 6) is -0.156. The number of hydrogen-bond donors (Lipinski definition) is 0. The van der Waals surface area contributed by atoms with Crippen LogP contribution in [0.15, 0.2) is 66.9 Å². The number of carbonyl (C=O) groups is 1. The highest BCUT2D eigenvalue weighted by molar-refractivity contribution is 6.04. The molecule has 1 saturated carbocycles. The van der Waals surface area contributed by atoms with Crippen molar-refractivity contribution in [3.63, 3.8) is 0 Å². The van der Waals surface area contributed by atoms with Gasteiger partial charge in [0.05, 0.1) is 39.2 Å². The molecule has 0 N–H and O–H groups in total. The van der Waals surface area contributed by atoms with Crippen LogP contribution in [0, 0.1) is 21.4 Å². The molecule has 4 rings (SSSR count). The van der Waals surface area contributed by atoms with Crippen LogP contribution in [0.1, 0.15) is 28.8 Å². The van der Waals surface area contributed by atoms with Gasteiger partial charge in [0.1, 0.15) is 0 Å². The number of para-hydroxylation sites is 1. The zero-order valence-electron chi connectivity index (χ0n) is 14.3. The number of nitriles is 1. The molecule has 6 heteroatoms. The van der Waals surface area contributed by atoms with Gasteiger partial charge in [-0.1, -0.05) is 18.2 Å². The van der Waals surface area contributed by atoms with Crippen molar-refractivity contribution >= 4 is 22.4 Å². The highest BCUT2D eigenvalue weighted by Gasteiger charge is 2.44. The summed E-state index contributed by atoms with van der Waals surface area (Å²) in [5, 5.41) is 20.8. The van der Waals surface area contributed by atoms with Crippen LogP contribution in [0.3, 0.4) is 0 Å². The monoisotopic (exact) mass is 357 g/mol. The minimum Gasteiger partial charge on any atom is -0.331 e. The molecule has 0 bridgehead atoms. The Morgan fingerprint density at radius 2 is 1.89 bits per heavy atom. The van der Waals surface area contributed by atoms with Crippen molar-refractivity contribution in [3.05, 3.63) is 88.1 Å². The molecule has 0 atom stereocenters. The maximum absolute atomic E-state index is 12.4. The standard InChI is InChI=1S/C21H15N3O3/c22-13-15-5-7-16(8-6-15)20(25)9-10-21(11-12-21)23-14-19(24(26)27)17-3-1-2-4-18(17)23/h1-10,14H,11-12H2/b10-9+. The molecule has 0 saturated heterocycles. The van der Waals surface area contributed by atoms with E-state index < -0.39 is 5.54 Å². The van der Waals surface area contributed by atoms with Gasteiger partial charge in [0, 0.05) is 5.56 Å². The van der Waals surface area contributed by atoms with Crippen LogP contribution in [0.5, 0.6) is 0 Å². The zero-order chi connectivity index (χ0) is 19.0. The number of allylic oxidation sites excluding steroid dienone is 2. The molecule has 1 heterocycles. The fourth-order valence-electron chi connectivity index (χ4n) is 3.33. The predicted molar refractivity (Wildman–Crippen MR) is 100 cm³/mol. The van der Waals surface area contributed by atoms with E-state index in [0.717, 1.165) is 18.4 Å². The van der Waals surface area contributed by atoms with Crippen molar-refractivity contribution in [1.29, 1.82) is 5.26 Å². The Balaban J connectivity index is 1.67. The summed E-state index contributed by atoms with van der Waals surface area (Å²) < 4.78 is 1.91. The number of hydrogen-bond acceptors (Lipinski definition) is 4. The Morgan fingerprint density at radius 3 is 2.52 bits per heavy atom. The summed E-state index contributed by atoms with van der Waals surface area (Å²) in [4.78, 5) is 23.4. The van der Waals surface area contributed by atoms with Crippen LogP contribution < -0.4 is 0 Å². The van der Waals surface area contributed by atoms with Crippen molar-refractivity contribution in [2.24, 2.45) is 0 Å². The van der Waals surface area contributed by atoms with Crippen LogP contribution in [-0.2, 0) is 5.54 Å². The van der Waals surface area contributed by atoms with E-state index in [9.17, 15) is 14.9 Å². The van der Waals surface area contributed by atoms with Gasteiger partial charge in [-0.25, -0.2) is 0 Å². The summed E-state index contributed by atoms with van der Waals surface area (Å²) in [6, 6.07) is 15.7. The highest BCUT2D eigenvalue weighted by atomic mass is 16.6. The lowest BCUT2D eigenvalue weighted by Crippen LogP contribution is -2.13. The van der Waals surface area contributed by atoms with E-state index in [0.29, 0.717) is 16.5 Å². The average molecular weight is 357 g/mol. The molecule has 1 aliphatic rings. The third-order valence-corrected chi connectivity index (χ3v) is 4.97. The summed E-state index contributed by atoms with van der Waals surface area (Å²) >= 11 is 0. The van der Waals surface area contributed by atoms with E-state index in [-0.39, 0.29) is 16.4 Å². The molecule has 1 aliphatic carbocycles. The van der Waals surface area contributed by atoms with Gasteiger partial charge in [0.25, 0.3) is 5.69 Å². The molecular formula is C21H15N3O3. The van der Waals surface area contributed by atoms with Crippen LogP contribution in [-0.4, -0.2) is 15.3 Å². The minimum absolute atomic E-state index is 0.0729. The fraction of sp³-hybridized carbons (Fsp3) is 0.143. The van der Waals surface area contributed by atoms with Crippen molar-refractivity contribution in [2.75, 3.05) is 0 Å². The Labute approximate surface area is 155 Å². The van der Waals surface area contributed by atoms with Crippen LogP contribution in [0.2, 0.25) is 0 Å². The van der Waals surface area contributed by atoms with Gasteiger partial charge in [-0.2, -0.15) is 5.26 Å². The summed E-state index contributed by atoms with van der Waals surface area (Å²) in [5.41, 5.74) is 1.46. The third-order valence-electron chi connectivity index (χ3n) is 4.97. The molecular weight excluding hydrogens is 342 g/mol. The molecule has 1 aromatic heterocycles. The molecule has 27 heavy (non-hydrogen) atoms. The van der Waals surface area contributed by atoms with Crippen molar-refractivity contribution < 1.29 is 9.72 Å². The quantitative estimate of drug-likeness (QED) is 0.294. The van der Waals surface area contributed by atoms with Gasteiger partial charge in [-0.05, 0) is 55.3 Å². The molecule has 2 aromatic carbocycles. The predicted octanol–water partition coefficient (Wildman–Crippen LogP) is 4.35. The van der Waals surface area contributed by atoms with Crippen LogP contribution >= 0.6 is 0 Å². The highest BCUT2D eigenvalue weighted by Crippen LogP contribution is 2.48. The number of fused-ring (bicyclic) bond motifs is 1. The molecule has 3 aromatic rings. The number of nitrogens with zero attached hydrogens (tertiary/aromatic N) is 3. The lowest BCUT2D eigenvalue weighted by Gasteiger charge is -2.14. The summed E-state index contributed by atoms with van der Waals surface area (Å²) in [6.07, 6.45) is 6.56. The number of ketones is 1. The topological polar surface area (TPSA) is 88.9 Å². The maximum Gasteiger partial charge on any atom is 0.294 e. The van der Waals surface area contributed by atoms with Crippen molar-refractivity contribution in [2.45, 2.75) is 18.4 Å². The normalized spacial score (nSPS) is 14.9. The van der Waals surface area contributed by atoms with Crippen molar-refractivity contribution in [3.8, 4) is 6.07 Å². The van der Waals surface area contributed by atoms with Gasteiger partial charge in [-0.15, -0.1) is 0 Å². The first-order valence-electron chi connectivity index (χ1n) is 8.53. The van der Waals surface area contributed by atoms with E-state index in [4.69, 9.17) is 5.26 Å². The van der Waals surface area contributed by atoms with Gasteiger partial charge in [-0.3, -0.25) is 14.9 Å². The molecule has 0 spiro atoms. The Bertz CT molecular complexity index is 1130. The second-order valence-electron chi connectivity index (χ2n) is 6.65. The average Bonchev–Trinajstić information content (AvgIpc) is 3.38. The maximum atomic E-state index is 12.4. The first kappa shape index (κ1) is 16.7. The van der Waals surface area contributed by atoms with Crippen molar-refractivity contribution in [1.82, 2.24) is 4.57 Å². The smallest absolute Gasteiger partial charge is 0.294 e. The number of rotatable bonds is 5. The first-order chi connectivity index (χ1) is 13.0. The van der Waals surface area contributed by atoms with Gasteiger partial charge >= 0.3 is 0 Å². The van der Waals surface area contributed by atoms with E-state index in [1.54, 1.807) is 42.6 Å². The Morgan fingerprint density at radius 1 is 1.19 bits per heavy atom. The molecule has 0 aliphatic heterocycles. The summed E-state index contributed by atoms with van der Waals surface area (Å²) in [6.45, 7) is 0.